The summed E-state index contributed by atoms with van der Waals surface area (Å²) in [4.78, 5) is 23.9. The van der Waals surface area contributed by atoms with E-state index in [1.807, 2.05) is 0 Å². The molecule has 0 aliphatic rings. The fourth-order valence-corrected chi connectivity index (χ4v) is 2.08. The van der Waals surface area contributed by atoms with Crippen LogP contribution >= 0.6 is 0 Å². The summed E-state index contributed by atoms with van der Waals surface area (Å²) in [5, 5.41) is 5.19. The summed E-state index contributed by atoms with van der Waals surface area (Å²) in [5.41, 5.74) is 0.937. The third kappa shape index (κ3) is 3.89. The number of benzene rings is 2. The molecule has 7 heteroatoms. The van der Waals surface area contributed by atoms with E-state index in [0.717, 1.165) is 12.1 Å². The van der Waals surface area contributed by atoms with E-state index in [1.165, 1.54) is 18.4 Å². The van der Waals surface area contributed by atoms with Gasteiger partial charge >= 0.3 is 0 Å². The van der Waals surface area contributed by atoms with Gasteiger partial charge in [0.1, 0.15) is 0 Å². The third-order valence-corrected chi connectivity index (χ3v) is 3.33. The Labute approximate surface area is 141 Å². The molecule has 2 N–H and O–H groups in total. The Hall–Kier alpha value is -3.48. The Kier molecular flexibility index (Phi) is 4.56. The van der Waals surface area contributed by atoms with Gasteiger partial charge in [0.05, 0.1) is 6.26 Å². The minimum absolute atomic E-state index is 0.00546. The molecule has 0 fully saturated rings. The minimum atomic E-state index is -1.09. The van der Waals surface area contributed by atoms with E-state index in [9.17, 15) is 18.4 Å². The minimum Gasteiger partial charge on any atom is -0.459 e. The second-order valence-corrected chi connectivity index (χ2v) is 5.09. The molecule has 3 aromatic rings. The second kappa shape index (κ2) is 6.96. The number of carbonyl (C=O) groups excluding carboxylic acids is 2. The standard InChI is InChI=1S/C18H12F2N2O3/c19-14-8-3-11(10-15(14)20)17(23)21-12-4-6-13(7-5-12)22-18(24)16-2-1-9-25-16/h1-10H,(H,21,23)(H,22,24). The highest BCUT2D eigenvalue weighted by molar-refractivity contribution is 6.05. The van der Waals surface area contributed by atoms with Crippen molar-refractivity contribution >= 4 is 23.2 Å². The molecule has 0 unspecified atom stereocenters. The Morgan fingerprint density at radius 1 is 0.800 bits per heavy atom. The number of carbonyl (C=O) groups is 2. The van der Waals surface area contributed by atoms with E-state index >= 15 is 0 Å². The van der Waals surface area contributed by atoms with Gasteiger partial charge in [-0.25, -0.2) is 8.78 Å². The summed E-state index contributed by atoms with van der Waals surface area (Å²) < 4.78 is 31.0. The zero-order valence-corrected chi connectivity index (χ0v) is 12.8. The van der Waals surface area contributed by atoms with Crippen LogP contribution in [-0.4, -0.2) is 11.8 Å². The molecule has 2 aromatic carbocycles. The van der Waals surface area contributed by atoms with E-state index in [-0.39, 0.29) is 11.3 Å². The molecular weight excluding hydrogens is 330 g/mol. The van der Waals surface area contributed by atoms with Gasteiger partial charge in [0, 0.05) is 16.9 Å². The Balaban J connectivity index is 1.65. The van der Waals surface area contributed by atoms with Gasteiger partial charge in [-0.1, -0.05) is 0 Å². The van der Waals surface area contributed by atoms with Crippen molar-refractivity contribution in [3.05, 3.63) is 83.8 Å². The van der Waals surface area contributed by atoms with Crippen LogP contribution in [0.4, 0.5) is 20.2 Å². The first kappa shape index (κ1) is 16.4. The maximum absolute atomic E-state index is 13.2. The third-order valence-electron chi connectivity index (χ3n) is 3.33. The molecule has 0 aliphatic heterocycles. The number of halogens is 2. The number of anilines is 2. The van der Waals surface area contributed by atoms with Crippen LogP contribution in [0.25, 0.3) is 0 Å². The highest BCUT2D eigenvalue weighted by atomic mass is 19.2. The normalized spacial score (nSPS) is 10.3. The number of furan rings is 1. The van der Waals surface area contributed by atoms with Crippen LogP contribution in [0.2, 0.25) is 0 Å². The molecule has 126 valence electrons. The molecule has 5 nitrogen and oxygen atoms in total. The fraction of sp³-hybridized carbons (Fsp3) is 0. The molecular formula is C18H12F2N2O3. The Morgan fingerprint density at radius 3 is 2.00 bits per heavy atom. The first-order valence-electron chi connectivity index (χ1n) is 7.24. The molecule has 0 bridgehead atoms. The fourth-order valence-electron chi connectivity index (χ4n) is 2.08. The van der Waals surface area contributed by atoms with Crippen molar-refractivity contribution in [2.24, 2.45) is 0 Å². The van der Waals surface area contributed by atoms with Crippen LogP contribution in [0.5, 0.6) is 0 Å². The molecule has 0 saturated heterocycles. The van der Waals surface area contributed by atoms with Crippen LogP contribution in [0, 0.1) is 11.6 Å². The predicted molar refractivity (Wildman–Crippen MR) is 87.4 cm³/mol. The number of hydrogen-bond acceptors (Lipinski definition) is 3. The molecule has 2 amide bonds. The lowest BCUT2D eigenvalue weighted by atomic mass is 10.2. The van der Waals surface area contributed by atoms with Gasteiger partial charge in [0.25, 0.3) is 11.8 Å². The average Bonchev–Trinajstić information content (AvgIpc) is 3.14. The molecule has 0 spiro atoms. The highest BCUT2D eigenvalue weighted by Crippen LogP contribution is 2.16. The lowest BCUT2D eigenvalue weighted by molar-refractivity contribution is 0.0994. The molecule has 3 rings (SSSR count). The van der Waals surface area contributed by atoms with Crippen molar-refractivity contribution < 1.29 is 22.8 Å². The van der Waals surface area contributed by atoms with Gasteiger partial charge in [-0.3, -0.25) is 9.59 Å². The van der Waals surface area contributed by atoms with E-state index in [0.29, 0.717) is 11.4 Å². The van der Waals surface area contributed by atoms with Gasteiger partial charge < -0.3 is 15.1 Å². The Bertz CT molecular complexity index is 907. The number of nitrogens with one attached hydrogen (secondary N) is 2. The van der Waals surface area contributed by atoms with Gasteiger partial charge in [-0.15, -0.1) is 0 Å². The Morgan fingerprint density at radius 2 is 1.44 bits per heavy atom. The number of rotatable bonds is 4. The van der Waals surface area contributed by atoms with E-state index in [4.69, 9.17) is 4.42 Å². The van der Waals surface area contributed by atoms with Crippen molar-refractivity contribution in [1.29, 1.82) is 0 Å². The van der Waals surface area contributed by atoms with Crippen molar-refractivity contribution in [1.82, 2.24) is 0 Å². The summed E-state index contributed by atoms with van der Waals surface area (Å²) >= 11 is 0. The lowest BCUT2D eigenvalue weighted by Gasteiger charge is -2.07. The highest BCUT2D eigenvalue weighted by Gasteiger charge is 2.11. The maximum atomic E-state index is 13.2. The summed E-state index contributed by atoms with van der Waals surface area (Å²) in [6.45, 7) is 0. The van der Waals surface area contributed by atoms with Crippen molar-refractivity contribution in [3.8, 4) is 0 Å². The topological polar surface area (TPSA) is 71.3 Å². The van der Waals surface area contributed by atoms with Crippen molar-refractivity contribution in [3.63, 3.8) is 0 Å². The van der Waals surface area contributed by atoms with Gasteiger partial charge in [-0.05, 0) is 54.6 Å². The van der Waals surface area contributed by atoms with Crippen molar-refractivity contribution in [2.75, 3.05) is 10.6 Å². The van der Waals surface area contributed by atoms with Gasteiger partial charge in [0.2, 0.25) is 0 Å². The SMILES string of the molecule is O=C(Nc1ccc(NC(=O)c2ccco2)cc1)c1ccc(F)c(F)c1. The van der Waals surface area contributed by atoms with E-state index in [2.05, 4.69) is 10.6 Å². The van der Waals surface area contributed by atoms with Crippen LogP contribution < -0.4 is 10.6 Å². The molecule has 0 aliphatic carbocycles. The zero-order valence-electron chi connectivity index (χ0n) is 12.8. The van der Waals surface area contributed by atoms with Gasteiger partial charge in [-0.2, -0.15) is 0 Å². The van der Waals surface area contributed by atoms with Crippen LogP contribution in [0.3, 0.4) is 0 Å². The molecule has 0 radical (unpaired) electrons. The quantitative estimate of drug-likeness (QED) is 0.751. The largest absolute Gasteiger partial charge is 0.459 e. The average molecular weight is 342 g/mol. The molecule has 1 aromatic heterocycles. The molecule has 1 heterocycles. The monoisotopic (exact) mass is 342 g/mol. The van der Waals surface area contributed by atoms with E-state index < -0.39 is 23.4 Å². The number of hydrogen-bond donors (Lipinski definition) is 2. The lowest BCUT2D eigenvalue weighted by Crippen LogP contribution is -2.13. The summed E-state index contributed by atoms with van der Waals surface area (Å²) in [6, 6.07) is 12.3. The first-order chi connectivity index (χ1) is 12.0. The summed E-state index contributed by atoms with van der Waals surface area (Å²) in [6.07, 6.45) is 1.39. The van der Waals surface area contributed by atoms with E-state index in [1.54, 1.807) is 30.3 Å². The van der Waals surface area contributed by atoms with Crippen LogP contribution in [0.15, 0.2) is 65.3 Å². The first-order valence-corrected chi connectivity index (χ1v) is 7.24. The van der Waals surface area contributed by atoms with Crippen LogP contribution in [0.1, 0.15) is 20.9 Å². The summed E-state index contributed by atoms with van der Waals surface area (Å²) in [7, 11) is 0. The number of amides is 2. The maximum Gasteiger partial charge on any atom is 0.291 e. The van der Waals surface area contributed by atoms with Crippen molar-refractivity contribution in [2.45, 2.75) is 0 Å². The zero-order chi connectivity index (χ0) is 17.8. The molecule has 0 atom stereocenters. The molecule has 0 saturated carbocycles. The van der Waals surface area contributed by atoms with Gasteiger partial charge in [0.15, 0.2) is 17.4 Å². The predicted octanol–water partition coefficient (Wildman–Crippen LogP) is 4.06. The smallest absolute Gasteiger partial charge is 0.291 e. The molecule has 25 heavy (non-hydrogen) atoms. The second-order valence-electron chi connectivity index (χ2n) is 5.09. The van der Waals surface area contributed by atoms with Crippen LogP contribution in [-0.2, 0) is 0 Å². The summed E-state index contributed by atoms with van der Waals surface area (Å²) in [5.74, 6) is -2.91.